The van der Waals surface area contributed by atoms with Gasteiger partial charge < -0.3 is 15.5 Å². The summed E-state index contributed by atoms with van der Waals surface area (Å²) >= 11 is 0. The largest absolute Gasteiger partial charge is 0.370 e. The molecule has 1 aromatic heterocycles. The minimum Gasteiger partial charge on any atom is -0.370 e. The van der Waals surface area contributed by atoms with Crippen molar-refractivity contribution >= 4 is 11.7 Å². The van der Waals surface area contributed by atoms with Gasteiger partial charge in [-0.25, -0.2) is 4.79 Å². The second-order valence-electron chi connectivity index (χ2n) is 9.67. The van der Waals surface area contributed by atoms with E-state index in [1.807, 2.05) is 18.5 Å². The Labute approximate surface area is 162 Å². The van der Waals surface area contributed by atoms with Gasteiger partial charge in [0.1, 0.15) is 0 Å². The van der Waals surface area contributed by atoms with Gasteiger partial charge in [-0.3, -0.25) is 4.98 Å². The van der Waals surface area contributed by atoms with Gasteiger partial charge in [-0.2, -0.15) is 0 Å². The predicted octanol–water partition coefficient (Wildman–Crippen LogP) is 3.57. The van der Waals surface area contributed by atoms with E-state index in [0.29, 0.717) is 5.92 Å². The Morgan fingerprint density at radius 3 is 2.37 bits per heavy atom. The quantitative estimate of drug-likeness (QED) is 0.854. The van der Waals surface area contributed by atoms with Crippen LogP contribution in [0.4, 0.5) is 10.5 Å². The van der Waals surface area contributed by atoms with Crippen molar-refractivity contribution in [3.8, 4) is 0 Å². The summed E-state index contributed by atoms with van der Waals surface area (Å²) in [7, 11) is 0. The Balaban J connectivity index is 1.08. The number of hydrogen-bond acceptors (Lipinski definition) is 3. The number of urea groups is 1. The Morgan fingerprint density at radius 1 is 1.11 bits per heavy atom. The number of carbonyl (C=O) groups excluding carboxylic acids is 1. The van der Waals surface area contributed by atoms with E-state index in [1.54, 1.807) is 0 Å². The molecule has 5 nitrogen and oxygen atoms in total. The molecule has 4 bridgehead atoms. The molecule has 5 heteroatoms. The standard InChI is InChI=1S/C22H32N4O/c27-21(25-22-11-17-8-18(12-22)10-19(9-17)13-22)24-14-16-3-6-26(7-4-16)20-2-1-5-23-15-20/h1-2,5,15-19H,3-4,6-14H2,(H2,24,25,27). The lowest BCUT2D eigenvalue weighted by Crippen LogP contribution is -2.61. The van der Waals surface area contributed by atoms with Gasteiger partial charge in [0.15, 0.2) is 0 Å². The fourth-order valence-electron chi connectivity index (χ4n) is 6.72. The van der Waals surface area contributed by atoms with E-state index in [9.17, 15) is 4.79 Å². The molecule has 4 saturated carbocycles. The molecular weight excluding hydrogens is 336 g/mol. The van der Waals surface area contributed by atoms with Gasteiger partial charge in [-0.1, -0.05) is 0 Å². The summed E-state index contributed by atoms with van der Waals surface area (Å²) < 4.78 is 0. The molecule has 2 amide bonds. The first-order valence-electron chi connectivity index (χ1n) is 10.9. The molecule has 0 spiro atoms. The topological polar surface area (TPSA) is 57.3 Å². The van der Waals surface area contributed by atoms with Gasteiger partial charge >= 0.3 is 6.03 Å². The number of pyridine rings is 1. The number of carbonyl (C=O) groups is 1. The molecule has 4 aliphatic carbocycles. The fourth-order valence-corrected chi connectivity index (χ4v) is 6.72. The van der Waals surface area contributed by atoms with E-state index in [1.165, 1.54) is 44.2 Å². The van der Waals surface area contributed by atoms with Gasteiger partial charge in [-0.15, -0.1) is 0 Å². The van der Waals surface area contributed by atoms with Crippen LogP contribution in [0.1, 0.15) is 51.4 Å². The Morgan fingerprint density at radius 2 is 1.78 bits per heavy atom. The number of piperidine rings is 1. The zero-order valence-corrected chi connectivity index (χ0v) is 16.2. The maximum Gasteiger partial charge on any atom is 0.315 e. The zero-order chi connectivity index (χ0) is 18.3. The fraction of sp³-hybridized carbons (Fsp3) is 0.727. The Hall–Kier alpha value is -1.78. The van der Waals surface area contributed by atoms with E-state index in [4.69, 9.17) is 0 Å². The summed E-state index contributed by atoms with van der Waals surface area (Å²) in [5.74, 6) is 3.19. The molecule has 5 fully saturated rings. The lowest BCUT2D eigenvalue weighted by atomic mass is 9.53. The van der Waals surface area contributed by atoms with Gasteiger partial charge in [-0.05, 0) is 87.2 Å². The van der Waals surface area contributed by atoms with Crippen molar-refractivity contribution in [3.05, 3.63) is 24.5 Å². The number of amides is 2. The first-order chi connectivity index (χ1) is 13.2. The predicted molar refractivity (Wildman–Crippen MR) is 107 cm³/mol. The van der Waals surface area contributed by atoms with Crippen LogP contribution in [0.25, 0.3) is 0 Å². The van der Waals surface area contributed by atoms with Crippen LogP contribution in [0.5, 0.6) is 0 Å². The van der Waals surface area contributed by atoms with Crippen LogP contribution < -0.4 is 15.5 Å². The number of rotatable bonds is 4. The summed E-state index contributed by atoms with van der Waals surface area (Å²) in [6.45, 7) is 2.91. The molecule has 0 aromatic carbocycles. The van der Waals surface area contributed by atoms with E-state index < -0.39 is 0 Å². The summed E-state index contributed by atoms with van der Waals surface area (Å²) in [4.78, 5) is 19.2. The van der Waals surface area contributed by atoms with Crippen molar-refractivity contribution in [2.24, 2.45) is 23.7 Å². The summed E-state index contributed by atoms with van der Waals surface area (Å²) in [5, 5.41) is 6.63. The van der Waals surface area contributed by atoms with Crippen LogP contribution >= 0.6 is 0 Å². The average Bonchev–Trinajstić information content (AvgIpc) is 2.66. The zero-order valence-electron chi connectivity index (χ0n) is 16.2. The number of nitrogens with one attached hydrogen (secondary N) is 2. The van der Waals surface area contributed by atoms with Crippen molar-refractivity contribution in [3.63, 3.8) is 0 Å². The molecule has 1 aromatic rings. The third-order valence-corrected chi connectivity index (χ3v) is 7.59. The van der Waals surface area contributed by atoms with Gasteiger partial charge in [0, 0.05) is 31.4 Å². The lowest BCUT2D eigenvalue weighted by molar-refractivity contribution is -0.0135. The molecule has 0 unspecified atom stereocenters. The molecule has 2 N–H and O–H groups in total. The highest BCUT2D eigenvalue weighted by atomic mass is 16.2. The minimum atomic E-state index is 0.0756. The molecule has 0 atom stereocenters. The Bertz CT molecular complexity index is 633. The van der Waals surface area contributed by atoms with Crippen molar-refractivity contribution in [2.45, 2.75) is 56.9 Å². The first kappa shape index (κ1) is 17.3. The molecule has 0 radical (unpaired) electrons. The molecule has 27 heavy (non-hydrogen) atoms. The highest BCUT2D eigenvalue weighted by molar-refractivity contribution is 5.75. The molecule has 5 aliphatic rings. The second kappa shape index (κ2) is 6.99. The average molecular weight is 369 g/mol. The molecule has 6 rings (SSSR count). The lowest BCUT2D eigenvalue weighted by Gasteiger charge is -2.56. The minimum absolute atomic E-state index is 0.0756. The molecule has 146 valence electrons. The highest BCUT2D eigenvalue weighted by Crippen LogP contribution is 2.55. The Kier molecular flexibility index (Phi) is 4.49. The van der Waals surface area contributed by atoms with Crippen molar-refractivity contribution < 1.29 is 4.79 Å². The smallest absolute Gasteiger partial charge is 0.315 e. The molecule has 2 heterocycles. The number of anilines is 1. The van der Waals surface area contributed by atoms with Gasteiger partial charge in [0.05, 0.1) is 11.9 Å². The number of nitrogens with zero attached hydrogens (tertiary/aromatic N) is 2. The third-order valence-electron chi connectivity index (χ3n) is 7.59. The highest BCUT2D eigenvalue weighted by Gasteiger charge is 2.51. The summed E-state index contributed by atoms with van der Waals surface area (Å²) in [6, 6.07) is 4.20. The normalized spacial score (nSPS) is 35.3. The van der Waals surface area contributed by atoms with Gasteiger partial charge in [0.2, 0.25) is 0 Å². The van der Waals surface area contributed by atoms with Crippen molar-refractivity contribution in [1.29, 1.82) is 0 Å². The van der Waals surface area contributed by atoms with Crippen LogP contribution in [0.3, 0.4) is 0 Å². The van der Waals surface area contributed by atoms with E-state index in [-0.39, 0.29) is 11.6 Å². The molecule has 1 aliphatic heterocycles. The molecular formula is C22H32N4O. The van der Waals surface area contributed by atoms with Crippen LogP contribution in [0.15, 0.2) is 24.5 Å². The first-order valence-corrected chi connectivity index (χ1v) is 10.9. The van der Waals surface area contributed by atoms with E-state index in [2.05, 4.69) is 26.6 Å². The summed E-state index contributed by atoms with van der Waals surface area (Å²) in [5.41, 5.74) is 1.33. The van der Waals surface area contributed by atoms with Crippen molar-refractivity contribution in [2.75, 3.05) is 24.5 Å². The monoisotopic (exact) mass is 368 g/mol. The van der Waals surface area contributed by atoms with Crippen LogP contribution in [-0.2, 0) is 0 Å². The third kappa shape index (κ3) is 3.65. The van der Waals surface area contributed by atoms with E-state index in [0.717, 1.165) is 50.2 Å². The number of aromatic nitrogens is 1. The van der Waals surface area contributed by atoms with Gasteiger partial charge in [0.25, 0.3) is 0 Å². The van der Waals surface area contributed by atoms with Crippen molar-refractivity contribution in [1.82, 2.24) is 15.6 Å². The van der Waals surface area contributed by atoms with Crippen LogP contribution in [0.2, 0.25) is 0 Å². The molecule has 1 saturated heterocycles. The van der Waals surface area contributed by atoms with Crippen LogP contribution in [-0.4, -0.2) is 36.2 Å². The SMILES string of the molecule is O=C(NCC1CCN(c2cccnc2)CC1)NC12CC3CC(CC(C3)C1)C2. The van der Waals surface area contributed by atoms with E-state index >= 15 is 0 Å². The number of hydrogen-bond donors (Lipinski definition) is 2. The second-order valence-corrected chi connectivity index (χ2v) is 9.67. The maximum atomic E-state index is 12.6. The van der Waals surface area contributed by atoms with Crippen LogP contribution in [0, 0.1) is 23.7 Å². The summed E-state index contributed by atoms with van der Waals surface area (Å²) in [6.07, 6.45) is 13.9. The maximum absolute atomic E-state index is 12.6.